The first-order chi connectivity index (χ1) is 7.10. The highest BCUT2D eigenvalue weighted by Gasteiger charge is 2.09. The van der Waals surface area contributed by atoms with Crippen LogP contribution in [-0.2, 0) is 0 Å². The van der Waals surface area contributed by atoms with Gasteiger partial charge in [-0.15, -0.1) is 0 Å². The highest BCUT2D eigenvalue weighted by atomic mass is 16.5. The smallest absolute Gasteiger partial charge is 0.142 e. The Bertz CT molecular complexity index is 323. The van der Waals surface area contributed by atoms with Crippen molar-refractivity contribution < 1.29 is 4.74 Å². The molecule has 0 spiro atoms. The second-order valence-corrected chi connectivity index (χ2v) is 3.97. The average Bonchev–Trinajstić information content (AvgIpc) is 2.27. The minimum Gasteiger partial charge on any atom is -0.495 e. The molecule has 0 amide bonds. The van der Waals surface area contributed by atoms with Gasteiger partial charge in [0.1, 0.15) is 5.75 Å². The van der Waals surface area contributed by atoms with Crippen molar-refractivity contribution in [2.75, 3.05) is 25.7 Å². The predicted octanol–water partition coefficient (Wildman–Crippen LogP) is 2.17. The Morgan fingerprint density at radius 1 is 1.40 bits per heavy atom. The van der Waals surface area contributed by atoms with E-state index in [4.69, 9.17) is 10.5 Å². The van der Waals surface area contributed by atoms with Gasteiger partial charge < -0.3 is 15.4 Å². The van der Waals surface area contributed by atoms with Gasteiger partial charge in [-0.3, -0.25) is 0 Å². The number of nitrogens with zero attached hydrogens (tertiary/aromatic N) is 1. The van der Waals surface area contributed by atoms with Gasteiger partial charge in [0.05, 0.1) is 19.5 Å². The van der Waals surface area contributed by atoms with E-state index in [0.717, 1.165) is 11.4 Å². The van der Waals surface area contributed by atoms with Crippen molar-refractivity contribution in [2.24, 2.45) is 5.73 Å². The van der Waals surface area contributed by atoms with E-state index in [0.29, 0.717) is 12.6 Å². The molecule has 0 aliphatic heterocycles. The Labute approximate surface area is 91.8 Å². The van der Waals surface area contributed by atoms with E-state index in [1.807, 2.05) is 11.9 Å². The van der Waals surface area contributed by atoms with Crippen molar-refractivity contribution in [1.82, 2.24) is 0 Å². The maximum absolute atomic E-state index is 5.60. The minimum atomic E-state index is 0.484. The Kier molecular flexibility index (Phi) is 3.97. The topological polar surface area (TPSA) is 38.5 Å². The lowest BCUT2D eigenvalue weighted by molar-refractivity contribution is 0.414. The van der Waals surface area contributed by atoms with E-state index >= 15 is 0 Å². The zero-order chi connectivity index (χ0) is 11.4. The molecule has 0 bridgehead atoms. The van der Waals surface area contributed by atoms with Gasteiger partial charge in [-0.05, 0) is 23.6 Å². The van der Waals surface area contributed by atoms with Gasteiger partial charge in [-0.25, -0.2) is 0 Å². The van der Waals surface area contributed by atoms with E-state index in [1.165, 1.54) is 5.56 Å². The molecule has 2 N–H and O–H groups in total. The van der Waals surface area contributed by atoms with Crippen LogP contribution in [0, 0.1) is 0 Å². The minimum absolute atomic E-state index is 0.484. The molecule has 0 aliphatic rings. The van der Waals surface area contributed by atoms with Crippen LogP contribution in [0.25, 0.3) is 0 Å². The summed E-state index contributed by atoms with van der Waals surface area (Å²) >= 11 is 0. The Balaban J connectivity index is 3.09. The number of anilines is 1. The number of methoxy groups -OCH3 is 1. The SMILES string of the molecule is COc1cc(C(C)C)ccc1N(C)CN. The van der Waals surface area contributed by atoms with Crippen LogP contribution in [0.1, 0.15) is 25.3 Å². The molecule has 0 heterocycles. The summed E-state index contributed by atoms with van der Waals surface area (Å²) in [5.41, 5.74) is 7.91. The molecule has 1 aromatic rings. The lowest BCUT2D eigenvalue weighted by Crippen LogP contribution is -2.25. The monoisotopic (exact) mass is 208 g/mol. The molecule has 0 saturated carbocycles. The van der Waals surface area contributed by atoms with E-state index in [2.05, 4.69) is 32.0 Å². The fourth-order valence-corrected chi connectivity index (χ4v) is 1.47. The molecular weight excluding hydrogens is 188 g/mol. The third kappa shape index (κ3) is 2.63. The van der Waals surface area contributed by atoms with Crippen molar-refractivity contribution in [3.05, 3.63) is 23.8 Å². The van der Waals surface area contributed by atoms with Crippen molar-refractivity contribution >= 4 is 5.69 Å². The molecule has 0 atom stereocenters. The number of rotatable bonds is 4. The third-order valence-corrected chi connectivity index (χ3v) is 2.56. The van der Waals surface area contributed by atoms with Gasteiger partial charge in [0, 0.05) is 7.05 Å². The van der Waals surface area contributed by atoms with Crippen LogP contribution in [0.3, 0.4) is 0 Å². The first-order valence-electron chi connectivity index (χ1n) is 5.19. The maximum atomic E-state index is 5.60. The predicted molar refractivity (Wildman–Crippen MR) is 64.5 cm³/mol. The Morgan fingerprint density at radius 2 is 2.07 bits per heavy atom. The highest BCUT2D eigenvalue weighted by Crippen LogP contribution is 2.30. The fourth-order valence-electron chi connectivity index (χ4n) is 1.47. The van der Waals surface area contributed by atoms with E-state index in [-0.39, 0.29) is 0 Å². The molecule has 0 unspecified atom stereocenters. The van der Waals surface area contributed by atoms with Crippen LogP contribution in [0.5, 0.6) is 5.75 Å². The van der Waals surface area contributed by atoms with Crippen molar-refractivity contribution in [2.45, 2.75) is 19.8 Å². The van der Waals surface area contributed by atoms with E-state index in [9.17, 15) is 0 Å². The fraction of sp³-hybridized carbons (Fsp3) is 0.500. The van der Waals surface area contributed by atoms with Crippen LogP contribution in [0.4, 0.5) is 5.69 Å². The number of hydrogen-bond donors (Lipinski definition) is 1. The summed E-state index contributed by atoms with van der Waals surface area (Å²) in [4.78, 5) is 1.96. The molecule has 0 saturated heterocycles. The number of nitrogens with two attached hydrogens (primary N) is 1. The van der Waals surface area contributed by atoms with Gasteiger partial charge >= 0.3 is 0 Å². The normalized spacial score (nSPS) is 10.5. The van der Waals surface area contributed by atoms with Gasteiger partial charge in [0.15, 0.2) is 0 Å². The first-order valence-corrected chi connectivity index (χ1v) is 5.19. The third-order valence-electron chi connectivity index (χ3n) is 2.56. The second-order valence-electron chi connectivity index (χ2n) is 3.97. The average molecular weight is 208 g/mol. The zero-order valence-electron chi connectivity index (χ0n) is 9.95. The van der Waals surface area contributed by atoms with E-state index in [1.54, 1.807) is 7.11 Å². The Hall–Kier alpha value is -1.22. The second kappa shape index (κ2) is 5.03. The lowest BCUT2D eigenvalue weighted by Gasteiger charge is -2.20. The number of ether oxygens (including phenoxy) is 1. The number of hydrogen-bond acceptors (Lipinski definition) is 3. The maximum Gasteiger partial charge on any atom is 0.142 e. The van der Waals surface area contributed by atoms with Gasteiger partial charge in [0.25, 0.3) is 0 Å². The molecule has 0 radical (unpaired) electrons. The first kappa shape index (κ1) is 11.9. The molecular formula is C12H20N2O. The summed E-state index contributed by atoms with van der Waals surface area (Å²) in [6, 6.07) is 6.25. The van der Waals surface area contributed by atoms with Crippen LogP contribution in [-0.4, -0.2) is 20.8 Å². The molecule has 84 valence electrons. The summed E-state index contributed by atoms with van der Waals surface area (Å²) in [7, 11) is 3.64. The summed E-state index contributed by atoms with van der Waals surface area (Å²) in [5.74, 6) is 1.39. The summed E-state index contributed by atoms with van der Waals surface area (Å²) in [6.45, 7) is 4.82. The van der Waals surface area contributed by atoms with Crippen LogP contribution in [0.2, 0.25) is 0 Å². The largest absolute Gasteiger partial charge is 0.495 e. The molecule has 1 rings (SSSR count). The molecule has 0 fully saturated rings. The molecule has 0 aromatic heterocycles. The zero-order valence-corrected chi connectivity index (χ0v) is 9.95. The van der Waals surface area contributed by atoms with Gasteiger partial charge in [0.2, 0.25) is 0 Å². The summed E-state index contributed by atoms with van der Waals surface area (Å²) < 4.78 is 5.36. The molecule has 3 nitrogen and oxygen atoms in total. The molecule has 15 heavy (non-hydrogen) atoms. The van der Waals surface area contributed by atoms with Gasteiger partial charge in [-0.1, -0.05) is 19.9 Å². The molecule has 3 heteroatoms. The standard InChI is InChI=1S/C12H20N2O/c1-9(2)10-5-6-11(14(3)8-13)12(7-10)15-4/h5-7,9H,8,13H2,1-4H3. The molecule has 1 aromatic carbocycles. The number of benzene rings is 1. The van der Waals surface area contributed by atoms with Crippen LogP contribution < -0.4 is 15.4 Å². The summed E-state index contributed by atoms with van der Waals surface area (Å²) in [6.07, 6.45) is 0. The molecule has 0 aliphatic carbocycles. The van der Waals surface area contributed by atoms with Crippen molar-refractivity contribution in [3.63, 3.8) is 0 Å². The highest BCUT2D eigenvalue weighted by molar-refractivity contribution is 5.59. The lowest BCUT2D eigenvalue weighted by atomic mass is 10.0. The van der Waals surface area contributed by atoms with Crippen LogP contribution >= 0.6 is 0 Å². The quantitative estimate of drug-likeness (QED) is 0.771. The van der Waals surface area contributed by atoms with Crippen molar-refractivity contribution in [3.8, 4) is 5.75 Å². The van der Waals surface area contributed by atoms with E-state index < -0.39 is 0 Å². The summed E-state index contributed by atoms with van der Waals surface area (Å²) in [5, 5.41) is 0. The Morgan fingerprint density at radius 3 is 2.53 bits per heavy atom. The van der Waals surface area contributed by atoms with Gasteiger partial charge in [-0.2, -0.15) is 0 Å². The van der Waals surface area contributed by atoms with Crippen LogP contribution in [0.15, 0.2) is 18.2 Å². The van der Waals surface area contributed by atoms with Crippen molar-refractivity contribution in [1.29, 1.82) is 0 Å².